The first-order valence-corrected chi connectivity index (χ1v) is 5.07. The number of rotatable bonds is 5. The number of ether oxygens (including phenoxy) is 1. The van der Waals surface area contributed by atoms with Crippen molar-refractivity contribution >= 4 is 18.2 Å². The fraction of sp³-hybridized carbons (Fsp3) is 0.182. The number of carbonyl (C=O) groups is 2. The molecule has 0 fully saturated rings. The normalized spacial score (nSPS) is 12.1. The number of hydrogen-bond donors (Lipinski definition) is 3. The van der Waals surface area contributed by atoms with Crippen LogP contribution < -0.4 is 15.9 Å². The van der Waals surface area contributed by atoms with Gasteiger partial charge in [-0.05, 0) is 36.8 Å². The minimum absolute atomic E-state index is 0.435. The maximum Gasteiger partial charge on any atom is 0.344 e. The Morgan fingerprint density at radius 1 is 1.44 bits per heavy atom. The molecule has 96 valence electrons. The molecule has 7 nitrogen and oxygen atoms in total. The first-order valence-electron chi connectivity index (χ1n) is 5.07. The second kappa shape index (κ2) is 6.24. The van der Waals surface area contributed by atoms with E-state index in [0.717, 1.165) is 0 Å². The van der Waals surface area contributed by atoms with Gasteiger partial charge in [0.2, 0.25) is 0 Å². The van der Waals surface area contributed by atoms with E-state index in [2.05, 4.69) is 10.5 Å². The fourth-order valence-electron chi connectivity index (χ4n) is 1.06. The molecule has 0 aliphatic heterocycles. The van der Waals surface area contributed by atoms with E-state index in [9.17, 15) is 9.59 Å². The predicted octanol–water partition coefficient (Wildman–Crippen LogP) is 0.541. The number of hydrogen-bond acceptors (Lipinski definition) is 4. The maximum atomic E-state index is 10.6. The Bertz CT molecular complexity index is 456. The number of primary amides is 1. The van der Waals surface area contributed by atoms with Crippen LogP contribution in [-0.4, -0.2) is 29.4 Å². The zero-order chi connectivity index (χ0) is 13.5. The molecule has 0 aromatic heterocycles. The van der Waals surface area contributed by atoms with Crippen LogP contribution in [0.3, 0.4) is 0 Å². The minimum atomic E-state index is -1.04. The Balaban J connectivity index is 2.60. The van der Waals surface area contributed by atoms with E-state index in [-0.39, 0.29) is 0 Å². The van der Waals surface area contributed by atoms with Gasteiger partial charge in [-0.3, -0.25) is 0 Å². The lowest BCUT2D eigenvalue weighted by Gasteiger charge is -2.09. The highest BCUT2D eigenvalue weighted by Crippen LogP contribution is 2.13. The molecule has 0 bridgehead atoms. The number of nitrogens with two attached hydrogens (primary N) is 1. The van der Waals surface area contributed by atoms with E-state index in [1.807, 2.05) is 0 Å². The molecule has 0 heterocycles. The second-order valence-corrected chi connectivity index (χ2v) is 3.40. The number of aliphatic carboxylic acids is 1. The minimum Gasteiger partial charge on any atom is -0.479 e. The van der Waals surface area contributed by atoms with Gasteiger partial charge >= 0.3 is 12.0 Å². The summed E-state index contributed by atoms with van der Waals surface area (Å²) in [6.45, 7) is 1.44. The van der Waals surface area contributed by atoms with Crippen molar-refractivity contribution < 1.29 is 19.4 Å². The average molecular weight is 251 g/mol. The molecular weight excluding hydrogens is 238 g/mol. The van der Waals surface area contributed by atoms with Crippen LogP contribution in [0.5, 0.6) is 5.75 Å². The van der Waals surface area contributed by atoms with Gasteiger partial charge in [-0.2, -0.15) is 5.10 Å². The zero-order valence-corrected chi connectivity index (χ0v) is 9.66. The van der Waals surface area contributed by atoms with Crippen molar-refractivity contribution in [3.63, 3.8) is 0 Å². The van der Waals surface area contributed by atoms with E-state index < -0.39 is 18.1 Å². The highest BCUT2D eigenvalue weighted by Gasteiger charge is 2.11. The van der Waals surface area contributed by atoms with Crippen LogP contribution in [-0.2, 0) is 4.79 Å². The molecule has 18 heavy (non-hydrogen) atoms. The van der Waals surface area contributed by atoms with Crippen LogP contribution in [0, 0.1) is 0 Å². The highest BCUT2D eigenvalue weighted by molar-refractivity contribution is 5.81. The van der Waals surface area contributed by atoms with Gasteiger partial charge < -0.3 is 15.6 Å². The van der Waals surface area contributed by atoms with E-state index in [0.29, 0.717) is 11.3 Å². The van der Waals surface area contributed by atoms with Gasteiger partial charge in [-0.15, -0.1) is 0 Å². The Hall–Kier alpha value is -2.57. The largest absolute Gasteiger partial charge is 0.479 e. The Morgan fingerprint density at radius 2 is 2.06 bits per heavy atom. The zero-order valence-electron chi connectivity index (χ0n) is 9.66. The van der Waals surface area contributed by atoms with Crippen LogP contribution in [0.15, 0.2) is 29.4 Å². The third-order valence-corrected chi connectivity index (χ3v) is 1.93. The van der Waals surface area contributed by atoms with Crippen LogP contribution in [0.25, 0.3) is 0 Å². The summed E-state index contributed by atoms with van der Waals surface area (Å²) in [6, 6.07) is 5.78. The number of benzene rings is 1. The lowest BCUT2D eigenvalue weighted by Crippen LogP contribution is -2.24. The third-order valence-electron chi connectivity index (χ3n) is 1.93. The van der Waals surface area contributed by atoms with Gasteiger partial charge in [0.25, 0.3) is 0 Å². The lowest BCUT2D eigenvalue weighted by atomic mass is 10.2. The van der Waals surface area contributed by atoms with Crippen LogP contribution in [0.1, 0.15) is 12.5 Å². The van der Waals surface area contributed by atoms with E-state index in [1.54, 1.807) is 24.3 Å². The summed E-state index contributed by atoms with van der Waals surface area (Å²) in [6.07, 6.45) is 0.482. The molecule has 1 aromatic carbocycles. The molecule has 1 atom stereocenters. The van der Waals surface area contributed by atoms with Crippen molar-refractivity contribution in [3.05, 3.63) is 29.8 Å². The number of hydrazone groups is 1. The highest BCUT2D eigenvalue weighted by atomic mass is 16.5. The molecule has 4 N–H and O–H groups in total. The Kier molecular flexibility index (Phi) is 4.67. The molecule has 0 spiro atoms. The quantitative estimate of drug-likeness (QED) is 0.523. The number of nitrogens with one attached hydrogen (secondary N) is 1. The molecule has 0 unspecified atom stereocenters. The molecule has 0 aliphatic carbocycles. The van der Waals surface area contributed by atoms with Gasteiger partial charge in [0.15, 0.2) is 6.10 Å². The number of urea groups is 1. The monoisotopic (exact) mass is 251 g/mol. The lowest BCUT2D eigenvalue weighted by molar-refractivity contribution is -0.144. The second-order valence-electron chi connectivity index (χ2n) is 3.40. The Labute approximate surface area is 103 Å². The standard InChI is InChI=1S/C11H13N3O4/c1-7(10(15)16)18-9-4-2-8(3-5-9)6-13-14-11(12)17/h2-7H,1H3,(H,15,16)(H3,12,14,17)/t7-/m0/s1. The topological polar surface area (TPSA) is 114 Å². The SMILES string of the molecule is C[C@H](Oc1ccc(C=NNC(N)=O)cc1)C(=O)O. The number of nitrogens with zero attached hydrogens (tertiary/aromatic N) is 1. The molecular formula is C11H13N3O4. The van der Waals surface area contributed by atoms with Crippen molar-refractivity contribution in [1.29, 1.82) is 0 Å². The van der Waals surface area contributed by atoms with Crippen LogP contribution in [0.4, 0.5) is 4.79 Å². The van der Waals surface area contributed by atoms with Gasteiger partial charge in [0, 0.05) is 0 Å². The average Bonchev–Trinajstić information content (AvgIpc) is 2.30. The molecule has 1 rings (SSSR count). The molecule has 2 amide bonds. The van der Waals surface area contributed by atoms with Crippen LogP contribution in [0.2, 0.25) is 0 Å². The molecule has 0 aliphatic rings. The van der Waals surface area contributed by atoms with Gasteiger partial charge in [-0.1, -0.05) is 0 Å². The van der Waals surface area contributed by atoms with Crippen molar-refractivity contribution in [2.45, 2.75) is 13.0 Å². The van der Waals surface area contributed by atoms with E-state index in [4.69, 9.17) is 15.6 Å². The smallest absolute Gasteiger partial charge is 0.344 e. The van der Waals surface area contributed by atoms with Crippen LogP contribution >= 0.6 is 0 Å². The Morgan fingerprint density at radius 3 is 2.56 bits per heavy atom. The number of amides is 2. The molecule has 0 saturated carbocycles. The van der Waals surface area contributed by atoms with Crippen molar-refractivity contribution in [3.8, 4) is 5.75 Å². The molecule has 0 radical (unpaired) electrons. The van der Waals surface area contributed by atoms with Crippen molar-refractivity contribution in [2.24, 2.45) is 10.8 Å². The van der Waals surface area contributed by atoms with Crippen molar-refractivity contribution in [1.82, 2.24) is 5.43 Å². The fourth-order valence-corrected chi connectivity index (χ4v) is 1.06. The first kappa shape index (κ1) is 13.5. The molecule has 7 heteroatoms. The van der Waals surface area contributed by atoms with Gasteiger partial charge in [-0.25, -0.2) is 15.0 Å². The summed E-state index contributed by atoms with van der Waals surface area (Å²) in [4.78, 5) is 20.9. The third kappa shape index (κ3) is 4.52. The number of carboxylic acids is 1. The summed E-state index contributed by atoms with van der Waals surface area (Å²) in [7, 11) is 0. The molecule has 0 saturated heterocycles. The van der Waals surface area contributed by atoms with Gasteiger partial charge in [0.1, 0.15) is 5.75 Å². The summed E-state index contributed by atoms with van der Waals surface area (Å²) in [5.41, 5.74) is 7.59. The number of carbonyl (C=O) groups excluding carboxylic acids is 1. The summed E-state index contributed by atoms with van der Waals surface area (Å²) < 4.78 is 5.14. The summed E-state index contributed by atoms with van der Waals surface area (Å²) >= 11 is 0. The first-order chi connectivity index (χ1) is 8.49. The van der Waals surface area contributed by atoms with E-state index in [1.165, 1.54) is 13.1 Å². The maximum absolute atomic E-state index is 10.6. The number of carboxylic acid groups (broad SMARTS) is 1. The molecule has 1 aromatic rings. The van der Waals surface area contributed by atoms with Gasteiger partial charge in [0.05, 0.1) is 6.21 Å². The van der Waals surface area contributed by atoms with Crippen molar-refractivity contribution in [2.75, 3.05) is 0 Å². The summed E-state index contributed by atoms with van der Waals surface area (Å²) in [5, 5.41) is 12.2. The summed E-state index contributed by atoms with van der Waals surface area (Å²) in [5.74, 6) is -0.601. The van der Waals surface area contributed by atoms with E-state index >= 15 is 0 Å². The predicted molar refractivity (Wildman–Crippen MR) is 64.5 cm³/mol.